The maximum atomic E-state index is 12.6. The highest BCUT2D eigenvalue weighted by molar-refractivity contribution is 5.96. The van der Waals surface area contributed by atoms with Crippen LogP contribution in [0, 0.1) is 0 Å². The summed E-state index contributed by atoms with van der Waals surface area (Å²) in [5.74, 6) is 0.0893. The fourth-order valence-electron chi connectivity index (χ4n) is 3.21. The molecule has 0 spiro atoms. The van der Waals surface area contributed by atoms with Crippen LogP contribution in [0.3, 0.4) is 0 Å². The molecule has 1 aliphatic heterocycles. The summed E-state index contributed by atoms with van der Waals surface area (Å²) < 4.78 is 1.87. The number of piperazine rings is 1. The van der Waals surface area contributed by atoms with Gasteiger partial charge >= 0.3 is 0 Å². The predicted octanol–water partition coefficient (Wildman–Crippen LogP) is 2.58. The Hall–Kier alpha value is -2.56. The molecule has 0 unspecified atom stereocenters. The van der Waals surface area contributed by atoms with Gasteiger partial charge in [-0.25, -0.2) is 0 Å². The lowest BCUT2D eigenvalue weighted by Gasteiger charge is -2.34. The van der Waals surface area contributed by atoms with Crippen molar-refractivity contribution in [2.24, 2.45) is 7.05 Å². The van der Waals surface area contributed by atoms with Gasteiger partial charge in [-0.2, -0.15) is 0 Å². The molecule has 2 heterocycles. The molecule has 5 nitrogen and oxygen atoms in total. The Labute approximate surface area is 148 Å². The number of carbonyl (C=O) groups is 2. The number of nitrogens with zero attached hydrogens (tertiary/aromatic N) is 3. The molecule has 5 heteroatoms. The Kier molecular flexibility index (Phi) is 5.22. The van der Waals surface area contributed by atoms with Crippen LogP contribution in [-0.4, -0.2) is 52.4 Å². The Morgan fingerprint density at radius 2 is 1.44 bits per heavy atom. The van der Waals surface area contributed by atoms with Crippen LogP contribution in [0.5, 0.6) is 0 Å². The molecule has 1 aliphatic rings. The van der Waals surface area contributed by atoms with Crippen molar-refractivity contribution in [2.75, 3.05) is 26.2 Å². The normalized spacial score (nSPS) is 14.6. The topological polar surface area (TPSA) is 45.6 Å². The van der Waals surface area contributed by atoms with Gasteiger partial charge < -0.3 is 14.4 Å². The Balaban J connectivity index is 1.58. The zero-order chi connectivity index (χ0) is 17.8. The standard InChI is InChI=1S/C20H25N3O2/c1-3-4-16-5-7-17(8-6-16)19(24)22-11-13-23(14-12-22)20(25)18-9-10-21(2)15-18/h5-10,15H,3-4,11-14H2,1-2H3. The fourth-order valence-corrected chi connectivity index (χ4v) is 3.21. The number of rotatable bonds is 4. The molecule has 0 atom stereocenters. The van der Waals surface area contributed by atoms with Gasteiger partial charge in [0.1, 0.15) is 0 Å². The highest BCUT2D eigenvalue weighted by Crippen LogP contribution is 2.13. The third-order valence-electron chi connectivity index (χ3n) is 4.67. The van der Waals surface area contributed by atoms with E-state index < -0.39 is 0 Å². The van der Waals surface area contributed by atoms with Gasteiger partial charge in [-0.15, -0.1) is 0 Å². The van der Waals surface area contributed by atoms with Gasteiger partial charge in [0.15, 0.2) is 0 Å². The molecule has 0 N–H and O–H groups in total. The molecule has 3 rings (SSSR count). The van der Waals surface area contributed by atoms with Crippen LogP contribution < -0.4 is 0 Å². The summed E-state index contributed by atoms with van der Waals surface area (Å²) in [5, 5.41) is 0. The largest absolute Gasteiger partial charge is 0.356 e. The van der Waals surface area contributed by atoms with E-state index in [1.807, 2.05) is 64.1 Å². The van der Waals surface area contributed by atoms with Crippen molar-refractivity contribution in [3.63, 3.8) is 0 Å². The average molecular weight is 339 g/mol. The van der Waals surface area contributed by atoms with Gasteiger partial charge in [0.2, 0.25) is 0 Å². The number of carbonyl (C=O) groups excluding carboxylic acids is 2. The van der Waals surface area contributed by atoms with Gasteiger partial charge in [0.25, 0.3) is 11.8 Å². The van der Waals surface area contributed by atoms with Crippen LogP contribution in [0.15, 0.2) is 42.7 Å². The number of amides is 2. The summed E-state index contributed by atoms with van der Waals surface area (Å²) in [6.45, 7) is 4.46. The minimum absolute atomic E-state index is 0.0385. The summed E-state index contributed by atoms with van der Waals surface area (Å²) in [5.41, 5.74) is 2.69. The van der Waals surface area contributed by atoms with Crippen LogP contribution in [0.4, 0.5) is 0 Å². The number of aromatic nitrogens is 1. The van der Waals surface area contributed by atoms with Gasteiger partial charge in [-0.1, -0.05) is 25.5 Å². The van der Waals surface area contributed by atoms with Crippen molar-refractivity contribution in [1.82, 2.24) is 14.4 Å². The highest BCUT2D eigenvalue weighted by atomic mass is 16.2. The first kappa shape index (κ1) is 17.3. The summed E-state index contributed by atoms with van der Waals surface area (Å²) in [6, 6.07) is 9.72. The van der Waals surface area contributed by atoms with E-state index in [2.05, 4.69) is 6.92 Å². The molecule has 0 aliphatic carbocycles. The number of hydrogen-bond donors (Lipinski definition) is 0. The minimum atomic E-state index is 0.0385. The van der Waals surface area contributed by atoms with Crippen molar-refractivity contribution >= 4 is 11.8 Å². The fraction of sp³-hybridized carbons (Fsp3) is 0.400. The first-order valence-electron chi connectivity index (χ1n) is 8.88. The van der Waals surface area contributed by atoms with Gasteiger partial charge in [-0.05, 0) is 30.2 Å². The lowest BCUT2D eigenvalue weighted by Crippen LogP contribution is -2.50. The molecule has 2 amide bonds. The molecule has 1 aromatic heterocycles. The molecule has 1 fully saturated rings. The van der Waals surface area contributed by atoms with Gasteiger partial charge in [-0.3, -0.25) is 9.59 Å². The quantitative estimate of drug-likeness (QED) is 0.859. The smallest absolute Gasteiger partial charge is 0.255 e. The summed E-state index contributed by atoms with van der Waals surface area (Å²) in [6.07, 6.45) is 5.84. The number of benzene rings is 1. The molecule has 0 saturated carbocycles. The van der Waals surface area contributed by atoms with E-state index in [0.29, 0.717) is 31.7 Å². The molecule has 2 aromatic rings. The maximum Gasteiger partial charge on any atom is 0.255 e. The first-order valence-corrected chi connectivity index (χ1v) is 8.88. The van der Waals surface area contributed by atoms with E-state index in [4.69, 9.17) is 0 Å². The zero-order valence-electron chi connectivity index (χ0n) is 14.9. The van der Waals surface area contributed by atoms with E-state index in [0.717, 1.165) is 18.4 Å². The molecule has 0 radical (unpaired) electrons. The van der Waals surface area contributed by atoms with Crippen molar-refractivity contribution in [3.05, 3.63) is 59.4 Å². The second-order valence-electron chi connectivity index (χ2n) is 6.60. The average Bonchev–Trinajstić information content (AvgIpc) is 3.08. The van der Waals surface area contributed by atoms with Crippen LogP contribution >= 0.6 is 0 Å². The van der Waals surface area contributed by atoms with E-state index in [9.17, 15) is 9.59 Å². The van der Waals surface area contributed by atoms with E-state index in [1.54, 1.807) is 0 Å². The van der Waals surface area contributed by atoms with E-state index in [-0.39, 0.29) is 11.8 Å². The van der Waals surface area contributed by atoms with Crippen molar-refractivity contribution in [1.29, 1.82) is 0 Å². The number of hydrogen-bond acceptors (Lipinski definition) is 2. The van der Waals surface area contributed by atoms with Crippen LogP contribution in [0.1, 0.15) is 39.6 Å². The van der Waals surface area contributed by atoms with Crippen LogP contribution in [-0.2, 0) is 13.5 Å². The second kappa shape index (κ2) is 7.55. The Morgan fingerprint density at radius 1 is 0.880 bits per heavy atom. The molecule has 1 saturated heterocycles. The summed E-state index contributed by atoms with van der Waals surface area (Å²) in [4.78, 5) is 28.8. The predicted molar refractivity (Wildman–Crippen MR) is 97.7 cm³/mol. The molecule has 0 bridgehead atoms. The summed E-state index contributed by atoms with van der Waals surface area (Å²) in [7, 11) is 1.90. The van der Waals surface area contributed by atoms with Crippen molar-refractivity contribution in [3.8, 4) is 0 Å². The maximum absolute atomic E-state index is 12.6. The third-order valence-corrected chi connectivity index (χ3v) is 4.67. The van der Waals surface area contributed by atoms with Gasteiger partial charge in [0.05, 0.1) is 5.56 Å². The molecule has 1 aromatic carbocycles. The summed E-state index contributed by atoms with van der Waals surface area (Å²) >= 11 is 0. The SMILES string of the molecule is CCCc1ccc(C(=O)N2CCN(C(=O)c3ccn(C)c3)CC2)cc1. The van der Waals surface area contributed by atoms with Gasteiger partial charge in [0, 0.05) is 51.2 Å². The van der Waals surface area contributed by atoms with E-state index >= 15 is 0 Å². The molecular weight excluding hydrogens is 314 g/mol. The molecule has 25 heavy (non-hydrogen) atoms. The lowest BCUT2D eigenvalue weighted by atomic mass is 10.1. The van der Waals surface area contributed by atoms with Crippen LogP contribution in [0.25, 0.3) is 0 Å². The second-order valence-corrected chi connectivity index (χ2v) is 6.60. The third kappa shape index (κ3) is 3.92. The van der Waals surface area contributed by atoms with Crippen molar-refractivity contribution < 1.29 is 9.59 Å². The Morgan fingerprint density at radius 3 is 1.92 bits per heavy atom. The van der Waals surface area contributed by atoms with Crippen LogP contribution in [0.2, 0.25) is 0 Å². The zero-order valence-corrected chi connectivity index (χ0v) is 14.9. The first-order chi connectivity index (χ1) is 12.1. The Bertz CT molecular complexity index is 741. The van der Waals surface area contributed by atoms with Crippen molar-refractivity contribution in [2.45, 2.75) is 19.8 Å². The molecule has 132 valence electrons. The molecular formula is C20H25N3O2. The lowest BCUT2D eigenvalue weighted by molar-refractivity contribution is 0.0535. The monoisotopic (exact) mass is 339 g/mol. The minimum Gasteiger partial charge on any atom is -0.356 e. The highest BCUT2D eigenvalue weighted by Gasteiger charge is 2.25. The van der Waals surface area contributed by atoms with E-state index in [1.165, 1.54) is 5.56 Å². The number of aryl methyl sites for hydroxylation is 2.